The molecule has 0 bridgehead atoms. The highest BCUT2D eigenvalue weighted by molar-refractivity contribution is 5.95. The van der Waals surface area contributed by atoms with Gasteiger partial charge in [0.1, 0.15) is 11.3 Å². The Morgan fingerprint density at radius 3 is 2.59 bits per heavy atom. The molecule has 0 unspecified atom stereocenters. The van der Waals surface area contributed by atoms with Crippen molar-refractivity contribution in [2.45, 2.75) is 25.7 Å². The number of hydrogen-bond donors (Lipinski definition) is 1. The van der Waals surface area contributed by atoms with E-state index in [1.54, 1.807) is 24.3 Å². The largest absolute Gasteiger partial charge is 0.484 e. The molecule has 0 saturated carbocycles. The molecular formula is C23H24N2O4. The van der Waals surface area contributed by atoms with E-state index in [-0.39, 0.29) is 12.5 Å². The van der Waals surface area contributed by atoms with Crippen LogP contribution in [0.3, 0.4) is 0 Å². The van der Waals surface area contributed by atoms with Crippen molar-refractivity contribution >= 4 is 28.3 Å². The molecule has 0 spiro atoms. The highest BCUT2D eigenvalue weighted by atomic mass is 16.5. The molecule has 1 fully saturated rings. The molecule has 3 aromatic rings. The van der Waals surface area contributed by atoms with Crippen LogP contribution < -0.4 is 20.6 Å². The van der Waals surface area contributed by atoms with E-state index in [1.165, 1.54) is 31.7 Å². The van der Waals surface area contributed by atoms with Crippen molar-refractivity contribution in [2.24, 2.45) is 0 Å². The first-order chi connectivity index (χ1) is 14.2. The van der Waals surface area contributed by atoms with Crippen molar-refractivity contribution in [2.75, 3.05) is 29.9 Å². The molecule has 0 atom stereocenters. The topological polar surface area (TPSA) is 71.8 Å². The van der Waals surface area contributed by atoms with Crippen molar-refractivity contribution < 1.29 is 13.9 Å². The van der Waals surface area contributed by atoms with Crippen LogP contribution in [-0.2, 0) is 4.79 Å². The fraction of sp³-hybridized carbons (Fsp3) is 0.304. The molecule has 6 heteroatoms. The Kier molecular flexibility index (Phi) is 5.79. The summed E-state index contributed by atoms with van der Waals surface area (Å²) >= 11 is 0. The predicted octanol–water partition coefficient (Wildman–Crippen LogP) is 4.19. The summed E-state index contributed by atoms with van der Waals surface area (Å²) in [4.78, 5) is 26.2. The Labute approximate surface area is 169 Å². The van der Waals surface area contributed by atoms with E-state index in [4.69, 9.17) is 9.15 Å². The van der Waals surface area contributed by atoms with Gasteiger partial charge in [0.25, 0.3) is 5.91 Å². The third kappa shape index (κ3) is 4.77. The van der Waals surface area contributed by atoms with E-state index in [0.717, 1.165) is 29.9 Å². The first-order valence-electron chi connectivity index (χ1n) is 9.99. The molecule has 1 aliphatic rings. The number of hydrogen-bond acceptors (Lipinski definition) is 5. The number of nitrogens with zero attached hydrogens (tertiary/aromatic N) is 1. The number of nitrogens with one attached hydrogen (secondary N) is 1. The normalized spacial score (nSPS) is 14.4. The fourth-order valence-corrected chi connectivity index (χ4v) is 3.63. The zero-order valence-electron chi connectivity index (χ0n) is 16.2. The SMILES string of the molecule is O=C(COc1ccc2ccc(=O)oc2c1)Nc1ccccc1N1CCCCCC1. The fourth-order valence-electron chi connectivity index (χ4n) is 3.63. The van der Waals surface area contributed by atoms with E-state index >= 15 is 0 Å². The summed E-state index contributed by atoms with van der Waals surface area (Å²) in [6.07, 6.45) is 4.85. The third-order valence-electron chi connectivity index (χ3n) is 5.09. The van der Waals surface area contributed by atoms with Gasteiger partial charge in [-0.15, -0.1) is 0 Å². The Bertz CT molecular complexity index is 1050. The van der Waals surface area contributed by atoms with Crippen molar-refractivity contribution in [1.29, 1.82) is 0 Å². The Morgan fingerprint density at radius 2 is 1.76 bits per heavy atom. The summed E-state index contributed by atoms with van der Waals surface area (Å²) in [5, 5.41) is 3.76. The molecule has 2 aromatic carbocycles. The van der Waals surface area contributed by atoms with Crippen LogP contribution in [0.5, 0.6) is 5.75 Å². The average Bonchev–Trinajstić information content (AvgIpc) is 3.02. The van der Waals surface area contributed by atoms with Gasteiger partial charge in [-0.1, -0.05) is 25.0 Å². The standard InChI is InChI=1S/C23H24N2O4/c26-22(16-28-18-11-9-17-10-12-23(27)29-21(17)15-18)24-19-7-3-4-8-20(19)25-13-5-1-2-6-14-25/h3-4,7-12,15H,1-2,5-6,13-14,16H2,(H,24,26). The predicted molar refractivity (Wildman–Crippen MR) is 114 cm³/mol. The van der Waals surface area contributed by atoms with Crippen LogP contribution >= 0.6 is 0 Å². The summed E-state index contributed by atoms with van der Waals surface area (Å²) in [6.45, 7) is 1.88. The van der Waals surface area contributed by atoms with E-state index in [0.29, 0.717) is 11.3 Å². The number of benzene rings is 2. The second-order valence-corrected chi connectivity index (χ2v) is 7.21. The van der Waals surface area contributed by atoms with Gasteiger partial charge in [-0.3, -0.25) is 4.79 Å². The summed E-state index contributed by atoms with van der Waals surface area (Å²) in [7, 11) is 0. The molecule has 1 saturated heterocycles. The highest BCUT2D eigenvalue weighted by Crippen LogP contribution is 2.28. The lowest BCUT2D eigenvalue weighted by molar-refractivity contribution is -0.118. The molecule has 1 amide bonds. The minimum absolute atomic E-state index is 0.128. The molecule has 1 aromatic heterocycles. The monoisotopic (exact) mass is 392 g/mol. The van der Waals surface area contributed by atoms with Gasteiger partial charge in [-0.25, -0.2) is 4.79 Å². The van der Waals surface area contributed by atoms with Gasteiger partial charge in [0, 0.05) is 30.6 Å². The van der Waals surface area contributed by atoms with Crippen LogP contribution in [0.25, 0.3) is 11.0 Å². The molecular weight excluding hydrogens is 368 g/mol. The lowest BCUT2D eigenvalue weighted by atomic mass is 10.2. The minimum atomic E-state index is -0.419. The van der Waals surface area contributed by atoms with E-state index in [1.807, 2.05) is 24.3 Å². The molecule has 29 heavy (non-hydrogen) atoms. The third-order valence-corrected chi connectivity index (χ3v) is 5.09. The number of rotatable bonds is 5. The number of fused-ring (bicyclic) bond motifs is 1. The molecule has 150 valence electrons. The van der Waals surface area contributed by atoms with Crippen LogP contribution in [0.1, 0.15) is 25.7 Å². The van der Waals surface area contributed by atoms with Gasteiger partial charge in [-0.2, -0.15) is 0 Å². The Morgan fingerprint density at radius 1 is 1.00 bits per heavy atom. The van der Waals surface area contributed by atoms with Crippen LogP contribution in [0.15, 0.2) is 63.8 Å². The van der Waals surface area contributed by atoms with Gasteiger partial charge in [0.2, 0.25) is 0 Å². The molecule has 1 aliphatic heterocycles. The van der Waals surface area contributed by atoms with Crippen LogP contribution in [0, 0.1) is 0 Å². The molecule has 0 radical (unpaired) electrons. The number of para-hydroxylation sites is 2. The first-order valence-corrected chi connectivity index (χ1v) is 9.99. The number of carbonyl (C=O) groups excluding carboxylic acids is 1. The van der Waals surface area contributed by atoms with Gasteiger partial charge >= 0.3 is 5.63 Å². The summed E-state index contributed by atoms with van der Waals surface area (Å²) in [5.41, 5.74) is 1.86. The molecule has 1 N–H and O–H groups in total. The lowest BCUT2D eigenvalue weighted by Crippen LogP contribution is -2.27. The average molecular weight is 392 g/mol. The quantitative estimate of drug-likeness (QED) is 0.659. The van der Waals surface area contributed by atoms with Crippen molar-refractivity contribution in [3.63, 3.8) is 0 Å². The molecule has 0 aliphatic carbocycles. The summed E-state index contributed by atoms with van der Waals surface area (Å²) < 4.78 is 10.8. The van der Waals surface area contributed by atoms with E-state index in [9.17, 15) is 9.59 Å². The maximum absolute atomic E-state index is 12.5. The van der Waals surface area contributed by atoms with Gasteiger partial charge in [0.05, 0.1) is 11.4 Å². The van der Waals surface area contributed by atoms with Crippen molar-refractivity contribution in [3.8, 4) is 5.75 Å². The Balaban J connectivity index is 1.42. The van der Waals surface area contributed by atoms with Gasteiger partial charge in [-0.05, 0) is 43.2 Å². The number of ether oxygens (including phenoxy) is 1. The number of amides is 1. The maximum Gasteiger partial charge on any atom is 0.336 e. The number of anilines is 2. The lowest BCUT2D eigenvalue weighted by Gasteiger charge is -2.25. The van der Waals surface area contributed by atoms with Gasteiger partial charge < -0.3 is 19.4 Å². The molecule has 2 heterocycles. The zero-order valence-corrected chi connectivity index (χ0v) is 16.2. The molecule has 6 nitrogen and oxygen atoms in total. The van der Waals surface area contributed by atoms with Gasteiger partial charge in [0.15, 0.2) is 6.61 Å². The second kappa shape index (κ2) is 8.82. The summed E-state index contributed by atoms with van der Waals surface area (Å²) in [6, 6.07) is 16.1. The van der Waals surface area contributed by atoms with Crippen LogP contribution in [-0.4, -0.2) is 25.6 Å². The minimum Gasteiger partial charge on any atom is -0.484 e. The van der Waals surface area contributed by atoms with Crippen molar-refractivity contribution in [3.05, 3.63) is 65.0 Å². The van der Waals surface area contributed by atoms with Crippen LogP contribution in [0.2, 0.25) is 0 Å². The summed E-state index contributed by atoms with van der Waals surface area (Å²) in [5.74, 6) is 0.240. The maximum atomic E-state index is 12.5. The van der Waals surface area contributed by atoms with Crippen LogP contribution in [0.4, 0.5) is 11.4 Å². The second-order valence-electron chi connectivity index (χ2n) is 7.21. The number of carbonyl (C=O) groups is 1. The van der Waals surface area contributed by atoms with E-state index in [2.05, 4.69) is 10.2 Å². The van der Waals surface area contributed by atoms with E-state index < -0.39 is 5.63 Å². The first kappa shape index (κ1) is 19.1. The smallest absolute Gasteiger partial charge is 0.336 e. The Hall–Kier alpha value is -3.28. The zero-order chi connectivity index (χ0) is 20.1. The molecule has 4 rings (SSSR count). The highest BCUT2D eigenvalue weighted by Gasteiger charge is 2.15. The van der Waals surface area contributed by atoms with Crippen molar-refractivity contribution in [1.82, 2.24) is 0 Å².